The molecule has 0 saturated carbocycles. The van der Waals surface area contributed by atoms with E-state index in [0.29, 0.717) is 11.4 Å². The Labute approximate surface area is 142 Å². The summed E-state index contributed by atoms with van der Waals surface area (Å²) < 4.78 is 37.6. The van der Waals surface area contributed by atoms with Gasteiger partial charge in [-0.25, -0.2) is 12.8 Å². The van der Waals surface area contributed by atoms with Crippen molar-refractivity contribution in [2.45, 2.75) is 4.90 Å². The van der Waals surface area contributed by atoms with Crippen molar-refractivity contribution in [2.75, 3.05) is 43.4 Å². The van der Waals surface area contributed by atoms with Crippen LogP contribution in [0.1, 0.15) is 0 Å². The van der Waals surface area contributed by atoms with E-state index >= 15 is 0 Å². The molecule has 1 fully saturated rings. The molecule has 0 aromatic heterocycles. The third-order valence-corrected chi connectivity index (χ3v) is 6.05. The fourth-order valence-corrected chi connectivity index (χ4v) is 4.18. The van der Waals surface area contributed by atoms with Gasteiger partial charge in [0.15, 0.2) is 9.84 Å². The van der Waals surface area contributed by atoms with Crippen LogP contribution in [-0.2, 0) is 9.84 Å². The summed E-state index contributed by atoms with van der Waals surface area (Å²) in [4.78, 5) is 4.75. The van der Waals surface area contributed by atoms with Crippen LogP contribution in [0.5, 0.6) is 0 Å². The lowest BCUT2D eigenvalue weighted by molar-refractivity contribution is 0.272. The van der Waals surface area contributed by atoms with Crippen molar-refractivity contribution in [3.05, 3.63) is 60.4 Å². The smallest absolute Gasteiger partial charge is 0.179 e. The lowest BCUT2D eigenvalue weighted by atomic mass is 10.2. The van der Waals surface area contributed by atoms with Crippen molar-refractivity contribution < 1.29 is 12.8 Å². The Morgan fingerprint density at radius 3 is 2.12 bits per heavy atom. The Morgan fingerprint density at radius 2 is 1.50 bits per heavy atom. The Hall–Kier alpha value is -1.92. The molecule has 2 aromatic rings. The Balaban J connectivity index is 1.51. The van der Waals surface area contributed by atoms with Crippen molar-refractivity contribution in [3.63, 3.8) is 0 Å². The largest absolute Gasteiger partial charge is 0.369 e. The molecule has 0 atom stereocenters. The van der Waals surface area contributed by atoms with Gasteiger partial charge in [-0.2, -0.15) is 0 Å². The first kappa shape index (κ1) is 16.9. The number of benzene rings is 2. The van der Waals surface area contributed by atoms with E-state index in [2.05, 4.69) is 9.80 Å². The summed E-state index contributed by atoms with van der Waals surface area (Å²) in [6.07, 6.45) is 0. The zero-order valence-corrected chi connectivity index (χ0v) is 14.3. The molecule has 0 unspecified atom stereocenters. The highest BCUT2D eigenvalue weighted by Crippen LogP contribution is 2.17. The van der Waals surface area contributed by atoms with Gasteiger partial charge in [-0.15, -0.1) is 0 Å². The Bertz CT molecular complexity index is 755. The van der Waals surface area contributed by atoms with E-state index in [9.17, 15) is 12.8 Å². The Kier molecular flexibility index (Phi) is 5.16. The first-order valence-electron chi connectivity index (χ1n) is 8.05. The summed E-state index contributed by atoms with van der Waals surface area (Å²) in [5, 5.41) is 0. The molecule has 1 aliphatic rings. The number of nitrogens with zero attached hydrogens (tertiary/aromatic N) is 2. The number of piperazine rings is 1. The van der Waals surface area contributed by atoms with Gasteiger partial charge in [0.1, 0.15) is 5.82 Å². The van der Waals surface area contributed by atoms with Crippen LogP contribution in [0.3, 0.4) is 0 Å². The van der Waals surface area contributed by atoms with Crippen molar-refractivity contribution in [1.82, 2.24) is 4.90 Å². The molecule has 1 aliphatic heterocycles. The molecule has 0 aliphatic carbocycles. The maximum Gasteiger partial charge on any atom is 0.179 e. The molecule has 2 aromatic carbocycles. The van der Waals surface area contributed by atoms with Crippen LogP contribution < -0.4 is 4.90 Å². The van der Waals surface area contributed by atoms with Gasteiger partial charge < -0.3 is 4.90 Å². The minimum absolute atomic E-state index is 0.133. The van der Waals surface area contributed by atoms with Gasteiger partial charge in [0.05, 0.1) is 10.6 Å². The van der Waals surface area contributed by atoms with E-state index < -0.39 is 9.84 Å². The van der Waals surface area contributed by atoms with Gasteiger partial charge in [-0.1, -0.05) is 18.2 Å². The summed E-state index contributed by atoms with van der Waals surface area (Å²) in [6.45, 7) is 3.78. The van der Waals surface area contributed by atoms with Crippen LogP contribution in [0.25, 0.3) is 0 Å². The van der Waals surface area contributed by atoms with Gasteiger partial charge in [0, 0.05) is 38.4 Å². The standard InChI is InChI=1S/C18H21FN2O2S/c19-16-6-8-17(9-7-16)21-12-10-20(11-13-21)14-15-24(22,23)18-4-2-1-3-5-18/h1-9H,10-15H2. The van der Waals surface area contributed by atoms with Gasteiger partial charge in [0.25, 0.3) is 0 Å². The third kappa shape index (κ3) is 4.13. The van der Waals surface area contributed by atoms with Gasteiger partial charge in [0.2, 0.25) is 0 Å². The molecule has 0 N–H and O–H groups in total. The average Bonchev–Trinajstić information content (AvgIpc) is 2.62. The second-order valence-electron chi connectivity index (χ2n) is 5.94. The highest BCUT2D eigenvalue weighted by molar-refractivity contribution is 7.91. The molecule has 0 spiro atoms. The first-order chi connectivity index (χ1) is 11.5. The summed E-state index contributed by atoms with van der Waals surface area (Å²) >= 11 is 0. The molecule has 3 rings (SSSR count). The fraction of sp³-hybridized carbons (Fsp3) is 0.333. The van der Waals surface area contributed by atoms with Crippen LogP contribution in [0.2, 0.25) is 0 Å². The minimum Gasteiger partial charge on any atom is -0.369 e. The molecular formula is C18H21FN2O2S. The van der Waals surface area contributed by atoms with E-state index in [0.717, 1.165) is 31.9 Å². The molecule has 0 bridgehead atoms. The predicted octanol–water partition coefficient (Wildman–Crippen LogP) is 2.42. The Morgan fingerprint density at radius 1 is 0.875 bits per heavy atom. The second kappa shape index (κ2) is 7.32. The number of sulfone groups is 1. The molecule has 0 radical (unpaired) electrons. The number of hydrogen-bond acceptors (Lipinski definition) is 4. The molecule has 128 valence electrons. The third-order valence-electron chi connectivity index (χ3n) is 4.34. The van der Waals surface area contributed by atoms with E-state index in [1.165, 1.54) is 12.1 Å². The lowest BCUT2D eigenvalue weighted by Crippen LogP contribution is -2.47. The van der Waals surface area contributed by atoms with E-state index in [4.69, 9.17) is 0 Å². The second-order valence-corrected chi connectivity index (χ2v) is 8.05. The van der Waals surface area contributed by atoms with Gasteiger partial charge in [-0.3, -0.25) is 4.90 Å². The summed E-state index contributed by atoms with van der Waals surface area (Å²) in [5.74, 6) is -0.100. The maximum absolute atomic E-state index is 13.0. The molecular weight excluding hydrogens is 327 g/mol. The highest BCUT2D eigenvalue weighted by Gasteiger charge is 2.20. The molecule has 0 amide bonds. The van der Waals surface area contributed by atoms with E-state index in [1.807, 2.05) is 6.07 Å². The average molecular weight is 348 g/mol. The molecule has 4 nitrogen and oxygen atoms in total. The monoisotopic (exact) mass is 348 g/mol. The fourth-order valence-electron chi connectivity index (χ4n) is 2.88. The van der Waals surface area contributed by atoms with E-state index in [1.54, 1.807) is 36.4 Å². The van der Waals surface area contributed by atoms with E-state index in [-0.39, 0.29) is 11.6 Å². The zero-order valence-electron chi connectivity index (χ0n) is 13.4. The number of rotatable bonds is 5. The van der Waals surface area contributed by atoms with Crippen LogP contribution in [-0.4, -0.2) is 51.8 Å². The number of hydrogen-bond donors (Lipinski definition) is 0. The maximum atomic E-state index is 13.0. The zero-order chi connectivity index (χ0) is 17.0. The van der Waals surface area contributed by atoms with Crippen LogP contribution in [0, 0.1) is 5.82 Å². The molecule has 1 heterocycles. The number of halogens is 1. The van der Waals surface area contributed by atoms with Crippen molar-refractivity contribution in [2.24, 2.45) is 0 Å². The van der Waals surface area contributed by atoms with Crippen LogP contribution >= 0.6 is 0 Å². The van der Waals surface area contributed by atoms with Crippen molar-refractivity contribution in [3.8, 4) is 0 Å². The SMILES string of the molecule is O=S(=O)(CCN1CCN(c2ccc(F)cc2)CC1)c1ccccc1. The minimum atomic E-state index is -3.23. The van der Waals surface area contributed by atoms with Crippen LogP contribution in [0.4, 0.5) is 10.1 Å². The van der Waals surface area contributed by atoms with Crippen molar-refractivity contribution in [1.29, 1.82) is 0 Å². The molecule has 1 saturated heterocycles. The summed E-state index contributed by atoms with van der Waals surface area (Å²) in [5.41, 5.74) is 1.01. The lowest BCUT2D eigenvalue weighted by Gasteiger charge is -2.36. The van der Waals surface area contributed by atoms with Gasteiger partial charge >= 0.3 is 0 Å². The van der Waals surface area contributed by atoms with Crippen molar-refractivity contribution >= 4 is 15.5 Å². The normalized spacial score (nSPS) is 16.3. The number of anilines is 1. The topological polar surface area (TPSA) is 40.6 Å². The van der Waals surface area contributed by atoms with Crippen LogP contribution in [0.15, 0.2) is 59.5 Å². The summed E-state index contributed by atoms with van der Waals surface area (Å²) in [6, 6.07) is 15.1. The quantitative estimate of drug-likeness (QED) is 0.832. The predicted molar refractivity (Wildman–Crippen MR) is 93.5 cm³/mol. The molecule has 6 heteroatoms. The highest BCUT2D eigenvalue weighted by atomic mass is 32.2. The summed E-state index contributed by atoms with van der Waals surface area (Å²) in [7, 11) is -3.23. The van der Waals surface area contributed by atoms with Gasteiger partial charge in [-0.05, 0) is 36.4 Å². The molecule has 24 heavy (non-hydrogen) atoms. The first-order valence-corrected chi connectivity index (χ1v) is 9.70.